The molecule has 1 N–H and O–H groups in total. The number of hydrogen-bond acceptors (Lipinski definition) is 9. The zero-order valence-corrected chi connectivity index (χ0v) is 18.1. The summed E-state index contributed by atoms with van der Waals surface area (Å²) in [6, 6.07) is 9.38. The summed E-state index contributed by atoms with van der Waals surface area (Å²) < 4.78 is 3.17. The molecule has 0 fully saturated rings. The molecule has 0 spiro atoms. The second kappa shape index (κ2) is 8.05. The molecule has 1 aromatic carbocycles. The molecule has 27 heavy (non-hydrogen) atoms. The monoisotopic (exact) mass is 480 g/mol. The number of thioether (sulfide) groups is 1. The minimum Gasteiger partial charge on any atom is -0.330 e. The predicted octanol–water partition coefficient (Wildman–Crippen LogP) is 4.36. The fraction of sp³-hybridized carbons (Fsp3) is 0.188. The standard InChI is InChI=1S/C16H13BrN6OS3/c1-2-12-22-23-13(24)7-11(19-15(23)26-12)8-25-16-21-20-14(27-16)18-10-5-3-4-9(17)6-10/h3-7H,2,8H2,1H3,(H,18,20). The van der Waals surface area contributed by atoms with Crippen LogP contribution >= 0.6 is 50.4 Å². The molecule has 0 amide bonds. The maximum absolute atomic E-state index is 12.2. The Labute approximate surface area is 175 Å². The minimum absolute atomic E-state index is 0.152. The van der Waals surface area contributed by atoms with E-state index in [-0.39, 0.29) is 5.56 Å². The van der Waals surface area contributed by atoms with Gasteiger partial charge in [0.25, 0.3) is 5.56 Å². The largest absolute Gasteiger partial charge is 0.330 e. The molecule has 4 rings (SSSR count). The summed E-state index contributed by atoms with van der Waals surface area (Å²) in [7, 11) is 0. The van der Waals surface area contributed by atoms with Crippen LogP contribution in [-0.2, 0) is 12.2 Å². The number of halogens is 1. The highest BCUT2D eigenvalue weighted by molar-refractivity contribution is 9.10. The van der Waals surface area contributed by atoms with E-state index in [1.165, 1.54) is 45.0 Å². The Morgan fingerprint density at radius 3 is 2.96 bits per heavy atom. The first-order valence-electron chi connectivity index (χ1n) is 7.98. The summed E-state index contributed by atoms with van der Waals surface area (Å²) in [5, 5.41) is 17.5. The van der Waals surface area contributed by atoms with E-state index in [1.807, 2.05) is 31.2 Å². The Morgan fingerprint density at radius 1 is 1.26 bits per heavy atom. The molecule has 11 heteroatoms. The normalized spacial score (nSPS) is 11.2. The van der Waals surface area contributed by atoms with Gasteiger partial charge < -0.3 is 5.32 Å². The molecule has 138 valence electrons. The number of hydrogen-bond donors (Lipinski definition) is 1. The molecular formula is C16H13BrN6OS3. The van der Waals surface area contributed by atoms with Crippen molar-refractivity contribution in [1.29, 1.82) is 0 Å². The lowest BCUT2D eigenvalue weighted by Crippen LogP contribution is -2.15. The molecule has 0 aliphatic carbocycles. The number of rotatable bonds is 6. The van der Waals surface area contributed by atoms with Crippen LogP contribution in [0.25, 0.3) is 4.96 Å². The molecule has 0 radical (unpaired) electrons. The van der Waals surface area contributed by atoms with E-state index in [0.717, 1.165) is 25.9 Å². The average molecular weight is 481 g/mol. The van der Waals surface area contributed by atoms with E-state index in [4.69, 9.17) is 0 Å². The number of nitrogens with one attached hydrogen (secondary N) is 1. The quantitative estimate of drug-likeness (QED) is 0.410. The molecule has 0 aliphatic heterocycles. The number of nitrogens with zero attached hydrogens (tertiary/aromatic N) is 5. The molecule has 0 bridgehead atoms. The number of aromatic nitrogens is 5. The Balaban J connectivity index is 1.45. The maximum atomic E-state index is 12.2. The van der Waals surface area contributed by atoms with Gasteiger partial charge in [0.2, 0.25) is 10.1 Å². The van der Waals surface area contributed by atoms with E-state index in [2.05, 4.69) is 41.5 Å². The Morgan fingerprint density at radius 2 is 2.15 bits per heavy atom. The lowest BCUT2D eigenvalue weighted by molar-refractivity contribution is 0.852. The lowest BCUT2D eigenvalue weighted by Gasteiger charge is -2.01. The predicted molar refractivity (Wildman–Crippen MR) is 113 cm³/mol. The maximum Gasteiger partial charge on any atom is 0.275 e. The summed E-state index contributed by atoms with van der Waals surface area (Å²) >= 11 is 7.86. The molecule has 7 nitrogen and oxygen atoms in total. The second-order valence-electron chi connectivity index (χ2n) is 5.43. The Bertz CT molecular complexity index is 1150. The zero-order valence-electron chi connectivity index (χ0n) is 14.0. The third kappa shape index (κ3) is 4.37. The fourth-order valence-electron chi connectivity index (χ4n) is 2.26. The van der Waals surface area contributed by atoms with Crippen molar-refractivity contribution >= 4 is 66.1 Å². The van der Waals surface area contributed by atoms with Crippen LogP contribution < -0.4 is 10.9 Å². The van der Waals surface area contributed by atoms with Crippen molar-refractivity contribution in [2.24, 2.45) is 0 Å². The molecule has 4 aromatic rings. The van der Waals surface area contributed by atoms with Crippen molar-refractivity contribution in [1.82, 2.24) is 24.8 Å². The fourth-order valence-corrected chi connectivity index (χ4v) is 5.18. The van der Waals surface area contributed by atoms with Gasteiger partial charge >= 0.3 is 0 Å². The van der Waals surface area contributed by atoms with Gasteiger partial charge in [-0.25, -0.2) is 4.98 Å². The highest BCUT2D eigenvalue weighted by Crippen LogP contribution is 2.30. The van der Waals surface area contributed by atoms with Gasteiger partial charge in [-0.05, 0) is 24.6 Å². The molecule has 0 aliphatic rings. The van der Waals surface area contributed by atoms with Crippen molar-refractivity contribution in [2.45, 2.75) is 23.4 Å². The molecule has 0 atom stereocenters. The number of benzene rings is 1. The first kappa shape index (κ1) is 18.5. The lowest BCUT2D eigenvalue weighted by atomic mass is 10.3. The van der Waals surface area contributed by atoms with Gasteiger partial charge in [0.1, 0.15) is 5.01 Å². The summed E-state index contributed by atoms with van der Waals surface area (Å²) in [4.78, 5) is 17.4. The summed E-state index contributed by atoms with van der Waals surface area (Å²) in [5.41, 5.74) is 1.50. The van der Waals surface area contributed by atoms with Gasteiger partial charge in [-0.2, -0.15) is 9.61 Å². The molecule has 0 unspecified atom stereocenters. The first-order valence-corrected chi connectivity index (χ1v) is 11.4. The van der Waals surface area contributed by atoms with Crippen molar-refractivity contribution in [3.05, 3.63) is 55.9 Å². The van der Waals surface area contributed by atoms with Gasteiger partial charge in [-0.15, -0.1) is 10.2 Å². The van der Waals surface area contributed by atoms with Crippen LogP contribution in [0.2, 0.25) is 0 Å². The molecule has 3 heterocycles. The molecule has 0 saturated carbocycles. The average Bonchev–Trinajstić information content (AvgIpc) is 3.27. The number of aryl methyl sites for hydroxylation is 1. The van der Waals surface area contributed by atoms with Crippen LogP contribution in [0.5, 0.6) is 0 Å². The number of fused-ring (bicyclic) bond motifs is 1. The van der Waals surface area contributed by atoms with E-state index in [1.54, 1.807) is 0 Å². The van der Waals surface area contributed by atoms with Gasteiger partial charge in [0.15, 0.2) is 4.34 Å². The Kier molecular flexibility index (Phi) is 5.53. The second-order valence-corrected chi connectivity index (χ2v) is 9.58. The van der Waals surface area contributed by atoms with Crippen LogP contribution in [-0.4, -0.2) is 24.8 Å². The molecule has 0 saturated heterocycles. The van der Waals surface area contributed by atoms with Crippen LogP contribution in [0.3, 0.4) is 0 Å². The molecule has 3 aromatic heterocycles. The third-order valence-corrected chi connectivity index (χ3v) is 7.02. The SMILES string of the molecule is CCc1nn2c(=O)cc(CSc3nnc(Nc4cccc(Br)c4)s3)nc2s1. The summed E-state index contributed by atoms with van der Waals surface area (Å²) in [6.07, 6.45) is 0.788. The van der Waals surface area contributed by atoms with Crippen LogP contribution in [0, 0.1) is 0 Å². The van der Waals surface area contributed by atoms with Crippen molar-refractivity contribution in [3.8, 4) is 0 Å². The van der Waals surface area contributed by atoms with Crippen LogP contribution in [0.4, 0.5) is 10.8 Å². The van der Waals surface area contributed by atoms with Gasteiger partial charge in [-0.1, -0.05) is 63.4 Å². The number of anilines is 2. The van der Waals surface area contributed by atoms with Gasteiger partial charge in [0, 0.05) is 22.0 Å². The van der Waals surface area contributed by atoms with E-state index >= 15 is 0 Å². The van der Waals surface area contributed by atoms with Crippen molar-refractivity contribution in [3.63, 3.8) is 0 Å². The van der Waals surface area contributed by atoms with E-state index < -0.39 is 0 Å². The topological polar surface area (TPSA) is 85.1 Å². The highest BCUT2D eigenvalue weighted by Gasteiger charge is 2.10. The molecular weight excluding hydrogens is 468 g/mol. The Hall–Kier alpha value is -1.82. The van der Waals surface area contributed by atoms with Crippen molar-refractivity contribution < 1.29 is 0 Å². The summed E-state index contributed by atoms with van der Waals surface area (Å²) in [6.45, 7) is 2.01. The smallest absolute Gasteiger partial charge is 0.275 e. The minimum atomic E-state index is -0.152. The van der Waals surface area contributed by atoms with Gasteiger partial charge in [0.05, 0.1) is 5.69 Å². The summed E-state index contributed by atoms with van der Waals surface area (Å²) in [5.74, 6) is 0.552. The van der Waals surface area contributed by atoms with E-state index in [9.17, 15) is 4.79 Å². The zero-order chi connectivity index (χ0) is 18.8. The van der Waals surface area contributed by atoms with Crippen molar-refractivity contribution in [2.75, 3.05) is 5.32 Å². The van der Waals surface area contributed by atoms with Gasteiger partial charge in [-0.3, -0.25) is 4.79 Å². The first-order chi connectivity index (χ1) is 13.1. The van der Waals surface area contributed by atoms with E-state index in [0.29, 0.717) is 21.5 Å². The van der Waals surface area contributed by atoms with Crippen LogP contribution in [0.1, 0.15) is 17.6 Å². The highest BCUT2D eigenvalue weighted by atomic mass is 79.9. The third-order valence-electron chi connectivity index (χ3n) is 3.47. The van der Waals surface area contributed by atoms with Crippen LogP contribution in [0.15, 0.2) is 43.9 Å².